The molecular weight excluding hydrogens is 332 g/mol. The van der Waals surface area contributed by atoms with Crippen LogP contribution in [0.25, 0.3) is 0 Å². The number of hydrogen-bond acceptors (Lipinski definition) is 3. The van der Waals surface area contributed by atoms with E-state index in [-0.39, 0.29) is 5.78 Å². The van der Waals surface area contributed by atoms with E-state index in [1.54, 1.807) is 6.92 Å². The number of ketones is 1. The zero-order valence-electron chi connectivity index (χ0n) is 16.4. The van der Waals surface area contributed by atoms with Gasteiger partial charge in [-0.3, -0.25) is 4.79 Å². The maximum atomic E-state index is 11.8. The van der Waals surface area contributed by atoms with Crippen LogP contribution in [0.15, 0.2) is 54.6 Å². The van der Waals surface area contributed by atoms with Crippen molar-refractivity contribution < 1.29 is 4.79 Å². The summed E-state index contributed by atoms with van der Waals surface area (Å²) in [5.74, 6) is 1.01. The van der Waals surface area contributed by atoms with E-state index in [4.69, 9.17) is 0 Å². The number of benzene rings is 2. The average molecular weight is 361 g/mol. The molecule has 3 nitrogen and oxygen atoms in total. The molecule has 140 valence electrons. The Morgan fingerprint density at radius 1 is 1.11 bits per heavy atom. The van der Waals surface area contributed by atoms with Gasteiger partial charge in [0.2, 0.25) is 0 Å². The molecule has 0 saturated carbocycles. The maximum absolute atomic E-state index is 11.8. The van der Waals surface area contributed by atoms with Crippen LogP contribution in [0.1, 0.15) is 60.6 Å². The standard InChI is InChI=1S/C24H28N2O/c1-4-26(5-2)19-12-9-17(10-13-19)24-21-8-6-7-20(21)22-15-18(16(3)27)11-14-23(22)25-24/h6-7,9-15,20-21,24-25H,4-5,8H2,1-3H3. The van der Waals surface area contributed by atoms with Gasteiger partial charge in [0.05, 0.1) is 6.04 Å². The highest BCUT2D eigenvalue weighted by Crippen LogP contribution is 2.50. The van der Waals surface area contributed by atoms with E-state index < -0.39 is 0 Å². The summed E-state index contributed by atoms with van der Waals surface area (Å²) in [7, 11) is 0. The summed E-state index contributed by atoms with van der Waals surface area (Å²) in [5.41, 5.74) is 5.85. The van der Waals surface area contributed by atoms with E-state index in [2.05, 4.69) is 72.6 Å². The number of allylic oxidation sites excluding steroid dienone is 2. The van der Waals surface area contributed by atoms with E-state index in [0.717, 1.165) is 30.8 Å². The third-order valence-electron chi connectivity index (χ3n) is 6.15. The second-order valence-electron chi connectivity index (χ2n) is 7.60. The van der Waals surface area contributed by atoms with Gasteiger partial charge in [0, 0.05) is 35.9 Å². The third kappa shape index (κ3) is 3.16. The van der Waals surface area contributed by atoms with E-state index in [0.29, 0.717) is 17.9 Å². The fourth-order valence-corrected chi connectivity index (χ4v) is 4.62. The van der Waals surface area contributed by atoms with Crippen LogP contribution >= 0.6 is 0 Å². The topological polar surface area (TPSA) is 32.3 Å². The Kier molecular flexibility index (Phi) is 4.77. The third-order valence-corrected chi connectivity index (χ3v) is 6.15. The molecule has 1 heterocycles. The molecular formula is C24H28N2O. The normalized spacial score (nSPS) is 22.7. The van der Waals surface area contributed by atoms with Gasteiger partial charge in [-0.25, -0.2) is 0 Å². The Morgan fingerprint density at radius 2 is 1.85 bits per heavy atom. The molecule has 3 heteroatoms. The van der Waals surface area contributed by atoms with Gasteiger partial charge < -0.3 is 10.2 Å². The largest absolute Gasteiger partial charge is 0.378 e. The van der Waals surface area contributed by atoms with Gasteiger partial charge in [-0.15, -0.1) is 0 Å². The fourth-order valence-electron chi connectivity index (χ4n) is 4.62. The summed E-state index contributed by atoms with van der Waals surface area (Å²) in [6.07, 6.45) is 5.69. The molecule has 2 aromatic rings. The zero-order valence-corrected chi connectivity index (χ0v) is 16.4. The van der Waals surface area contributed by atoms with Crippen LogP contribution in [0.4, 0.5) is 11.4 Å². The van der Waals surface area contributed by atoms with Gasteiger partial charge in [-0.05, 0) is 74.6 Å². The van der Waals surface area contributed by atoms with Crippen molar-refractivity contribution >= 4 is 17.2 Å². The number of anilines is 2. The number of carbonyl (C=O) groups is 1. The van der Waals surface area contributed by atoms with Crippen LogP contribution in [0, 0.1) is 5.92 Å². The zero-order chi connectivity index (χ0) is 19.0. The number of rotatable bonds is 5. The van der Waals surface area contributed by atoms with Crippen molar-refractivity contribution in [3.05, 3.63) is 71.3 Å². The van der Waals surface area contributed by atoms with Gasteiger partial charge >= 0.3 is 0 Å². The van der Waals surface area contributed by atoms with Gasteiger partial charge in [-0.2, -0.15) is 0 Å². The van der Waals surface area contributed by atoms with Crippen molar-refractivity contribution in [2.24, 2.45) is 5.92 Å². The Morgan fingerprint density at radius 3 is 2.52 bits per heavy atom. The minimum atomic E-state index is 0.130. The van der Waals surface area contributed by atoms with Crippen LogP contribution in [0.2, 0.25) is 0 Å². The SMILES string of the molecule is CCN(CC)c1ccc(C2Nc3ccc(C(C)=O)cc3C3C=CCC32)cc1. The Balaban J connectivity index is 1.66. The van der Waals surface area contributed by atoms with E-state index in [9.17, 15) is 4.79 Å². The highest BCUT2D eigenvalue weighted by Gasteiger charge is 2.38. The lowest BCUT2D eigenvalue weighted by Crippen LogP contribution is -2.29. The molecule has 1 aliphatic heterocycles. The average Bonchev–Trinajstić information content (AvgIpc) is 3.18. The quantitative estimate of drug-likeness (QED) is 0.559. The molecule has 0 radical (unpaired) electrons. The van der Waals surface area contributed by atoms with Crippen LogP contribution in [-0.2, 0) is 0 Å². The summed E-state index contributed by atoms with van der Waals surface area (Å²) in [5, 5.41) is 3.76. The smallest absolute Gasteiger partial charge is 0.159 e. The predicted octanol–water partition coefficient (Wildman–Crippen LogP) is 5.56. The van der Waals surface area contributed by atoms with E-state index in [1.807, 2.05) is 6.07 Å². The predicted molar refractivity (Wildman–Crippen MR) is 113 cm³/mol. The van der Waals surface area contributed by atoms with Crippen molar-refractivity contribution in [1.29, 1.82) is 0 Å². The first-order chi connectivity index (χ1) is 13.1. The van der Waals surface area contributed by atoms with Gasteiger partial charge in [0.25, 0.3) is 0 Å². The van der Waals surface area contributed by atoms with Crippen molar-refractivity contribution in [3.63, 3.8) is 0 Å². The molecule has 0 fully saturated rings. The summed E-state index contributed by atoms with van der Waals surface area (Å²) < 4.78 is 0. The molecule has 1 aliphatic carbocycles. The summed E-state index contributed by atoms with van der Waals surface area (Å²) in [4.78, 5) is 14.2. The summed E-state index contributed by atoms with van der Waals surface area (Å²) >= 11 is 0. The second-order valence-corrected chi connectivity index (χ2v) is 7.60. The Bertz CT molecular complexity index is 864. The molecule has 3 unspecified atom stereocenters. The number of nitrogens with one attached hydrogen (secondary N) is 1. The van der Waals surface area contributed by atoms with Crippen molar-refractivity contribution in [2.75, 3.05) is 23.3 Å². The van der Waals surface area contributed by atoms with Crippen molar-refractivity contribution in [1.82, 2.24) is 0 Å². The number of hydrogen-bond donors (Lipinski definition) is 1. The van der Waals surface area contributed by atoms with Crippen LogP contribution in [0.5, 0.6) is 0 Å². The van der Waals surface area contributed by atoms with Crippen LogP contribution < -0.4 is 10.2 Å². The molecule has 27 heavy (non-hydrogen) atoms. The fraction of sp³-hybridized carbons (Fsp3) is 0.375. The number of Topliss-reactive ketones (excluding diaryl/α,β-unsaturated/α-hetero) is 1. The molecule has 0 spiro atoms. The van der Waals surface area contributed by atoms with Gasteiger partial charge in [0.1, 0.15) is 0 Å². The van der Waals surface area contributed by atoms with Crippen molar-refractivity contribution in [3.8, 4) is 0 Å². The first kappa shape index (κ1) is 17.8. The molecule has 3 atom stereocenters. The molecule has 0 amide bonds. The van der Waals surface area contributed by atoms with Crippen LogP contribution in [-0.4, -0.2) is 18.9 Å². The Labute approximate surface area is 162 Å². The lowest BCUT2D eigenvalue weighted by atomic mass is 9.76. The molecule has 0 aromatic heterocycles. The minimum absolute atomic E-state index is 0.130. The second kappa shape index (κ2) is 7.22. The first-order valence-electron chi connectivity index (χ1n) is 10.0. The van der Waals surface area contributed by atoms with Crippen LogP contribution in [0.3, 0.4) is 0 Å². The number of nitrogens with zero attached hydrogens (tertiary/aromatic N) is 1. The van der Waals surface area contributed by atoms with Crippen molar-refractivity contribution in [2.45, 2.75) is 39.2 Å². The highest BCUT2D eigenvalue weighted by molar-refractivity contribution is 5.95. The monoisotopic (exact) mass is 360 g/mol. The maximum Gasteiger partial charge on any atom is 0.159 e. The molecule has 1 N–H and O–H groups in total. The number of carbonyl (C=O) groups excluding carboxylic acids is 1. The Hall–Kier alpha value is -2.55. The summed E-state index contributed by atoms with van der Waals surface area (Å²) in [6, 6.07) is 15.4. The molecule has 0 saturated heterocycles. The lowest BCUT2D eigenvalue weighted by molar-refractivity contribution is 0.101. The highest BCUT2D eigenvalue weighted by atomic mass is 16.1. The van der Waals surface area contributed by atoms with Gasteiger partial charge in [0.15, 0.2) is 5.78 Å². The molecule has 2 aliphatic rings. The summed E-state index contributed by atoms with van der Waals surface area (Å²) in [6.45, 7) is 8.08. The molecule has 0 bridgehead atoms. The van der Waals surface area contributed by atoms with Gasteiger partial charge in [-0.1, -0.05) is 24.3 Å². The number of fused-ring (bicyclic) bond motifs is 3. The molecule has 2 aromatic carbocycles. The minimum Gasteiger partial charge on any atom is -0.378 e. The first-order valence-corrected chi connectivity index (χ1v) is 10.0. The lowest BCUT2D eigenvalue weighted by Gasteiger charge is -2.38. The molecule has 4 rings (SSSR count). The van der Waals surface area contributed by atoms with E-state index >= 15 is 0 Å². The van der Waals surface area contributed by atoms with E-state index in [1.165, 1.54) is 16.8 Å².